The van der Waals surface area contributed by atoms with Gasteiger partial charge in [-0.05, 0) is 13.8 Å². The van der Waals surface area contributed by atoms with Gasteiger partial charge in [-0.1, -0.05) is 0 Å². The van der Waals surface area contributed by atoms with Gasteiger partial charge >= 0.3 is 5.97 Å². The molecule has 0 aliphatic heterocycles. The van der Waals surface area contributed by atoms with Gasteiger partial charge in [-0.15, -0.1) is 0 Å². The molecular weight excluding hydrogens is 194 g/mol. The lowest BCUT2D eigenvalue weighted by Gasteiger charge is -2.03. The van der Waals surface area contributed by atoms with Crippen LogP contribution in [0.2, 0.25) is 0 Å². The molecule has 0 aromatic carbocycles. The van der Waals surface area contributed by atoms with Crippen molar-refractivity contribution in [3.8, 4) is 0 Å². The van der Waals surface area contributed by atoms with Gasteiger partial charge in [-0.25, -0.2) is 0 Å². The molecule has 5 heteroatoms. The lowest BCUT2D eigenvalue weighted by atomic mass is 10.3. The summed E-state index contributed by atoms with van der Waals surface area (Å²) in [7, 11) is 0. The summed E-state index contributed by atoms with van der Waals surface area (Å²) in [5.41, 5.74) is 1.08. The Hall–Kier alpha value is -1.36. The maximum Gasteiger partial charge on any atom is 0.304 e. The van der Waals surface area contributed by atoms with E-state index >= 15 is 0 Å². The fraction of sp³-hybridized carbons (Fsp3) is 0.600. The quantitative estimate of drug-likeness (QED) is 0.690. The van der Waals surface area contributed by atoms with Crippen LogP contribution in [0.25, 0.3) is 0 Å². The third-order valence-corrected chi connectivity index (χ3v) is 2.03. The second-order valence-electron chi connectivity index (χ2n) is 3.74. The van der Waals surface area contributed by atoms with E-state index in [-0.39, 0.29) is 6.42 Å². The average Bonchev–Trinajstić information content (AvgIpc) is 2.60. The van der Waals surface area contributed by atoms with Gasteiger partial charge in [0.2, 0.25) is 0 Å². The van der Waals surface area contributed by atoms with Gasteiger partial charge in [-0.3, -0.25) is 9.48 Å². The van der Waals surface area contributed by atoms with Gasteiger partial charge in [0.1, 0.15) is 0 Å². The highest BCUT2D eigenvalue weighted by Crippen LogP contribution is 2.04. The summed E-state index contributed by atoms with van der Waals surface area (Å²) in [6.45, 7) is 5.28. The standard InChI is InChI=1S/C10H17N3O2/c1-8(2)13-7-9(6-12-13)5-11-4-3-10(14)15/h6-8,11H,3-5H2,1-2H3,(H,14,15). The number of hydrogen-bond acceptors (Lipinski definition) is 3. The van der Waals surface area contributed by atoms with Crippen molar-refractivity contribution in [2.75, 3.05) is 6.54 Å². The second kappa shape index (κ2) is 5.50. The Morgan fingerprint density at radius 3 is 2.93 bits per heavy atom. The number of aromatic nitrogens is 2. The zero-order valence-electron chi connectivity index (χ0n) is 9.10. The maximum atomic E-state index is 10.2. The van der Waals surface area contributed by atoms with Crippen molar-refractivity contribution in [3.05, 3.63) is 18.0 Å². The first-order valence-electron chi connectivity index (χ1n) is 5.05. The number of nitrogens with one attached hydrogen (secondary N) is 1. The number of aliphatic carboxylic acids is 1. The Kier molecular flexibility index (Phi) is 4.30. The minimum absolute atomic E-state index is 0.151. The Labute approximate surface area is 89.1 Å². The van der Waals surface area contributed by atoms with Crippen molar-refractivity contribution >= 4 is 5.97 Å². The van der Waals surface area contributed by atoms with Gasteiger partial charge in [0.25, 0.3) is 0 Å². The monoisotopic (exact) mass is 211 g/mol. The molecule has 0 aliphatic carbocycles. The lowest BCUT2D eigenvalue weighted by molar-refractivity contribution is -0.136. The summed E-state index contributed by atoms with van der Waals surface area (Å²) in [4.78, 5) is 10.2. The molecule has 0 saturated carbocycles. The molecule has 0 radical (unpaired) electrons. The maximum absolute atomic E-state index is 10.2. The zero-order chi connectivity index (χ0) is 11.3. The van der Waals surface area contributed by atoms with Gasteiger partial charge in [0.15, 0.2) is 0 Å². The molecule has 2 N–H and O–H groups in total. The molecule has 0 amide bonds. The number of rotatable bonds is 6. The predicted molar refractivity (Wildman–Crippen MR) is 56.6 cm³/mol. The van der Waals surface area contributed by atoms with Crippen LogP contribution in [0.5, 0.6) is 0 Å². The minimum atomic E-state index is -0.777. The molecule has 1 aromatic rings. The average molecular weight is 211 g/mol. The molecule has 0 fully saturated rings. The fourth-order valence-corrected chi connectivity index (χ4v) is 1.18. The van der Waals surface area contributed by atoms with Crippen LogP contribution in [0.15, 0.2) is 12.4 Å². The van der Waals surface area contributed by atoms with Crippen molar-refractivity contribution in [2.45, 2.75) is 32.9 Å². The van der Waals surface area contributed by atoms with Crippen LogP contribution in [0.3, 0.4) is 0 Å². The first-order valence-corrected chi connectivity index (χ1v) is 5.05. The molecule has 0 atom stereocenters. The van der Waals surface area contributed by atoms with E-state index in [0.29, 0.717) is 19.1 Å². The van der Waals surface area contributed by atoms with E-state index in [0.717, 1.165) is 5.56 Å². The van der Waals surface area contributed by atoms with Gasteiger partial charge < -0.3 is 10.4 Å². The van der Waals surface area contributed by atoms with Crippen LogP contribution in [0, 0.1) is 0 Å². The largest absolute Gasteiger partial charge is 0.481 e. The van der Waals surface area contributed by atoms with Gasteiger partial charge in [-0.2, -0.15) is 5.10 Å². The molecule has 0 saturated heterocycles. The van der Waals surface area contributed by atoms with Crippen molar-refractivity contribution < 1.29 is 9.90 Å². The van der Waals surface area contributed by atoms with E-state index in [1.54, 1.807) is 6.20 Å². The first-order chi connectivity index (χ1) is 7.09. The van der Waals surface area contributed by atoms with E-state index < -0.39 is 5.97 Å². The van der Waals surface area contributed by atoms with Crippen molar-refractivity contribution in [2.24, 2.45) is 0 Å². The van der Waals surface area contributed by atoms with Crippen molar-refractivity contribution in [3.63, 3.8) is 0 Å². The highest BCUT2D eigenvalue weighted by Gasteiger charge is 2.01. The molecule has 15 heavy (non-hydrogen) atoms. The molecular formula is C10H17N3O2. The van der Waals surface area contributed by atoms with Crippen LogP contribution in [0.4, 0.5) is 0 Å². The molecule has 84 valence electrons. The third-order valence-electron chi connectivity index (χ3n) is 2.03. The van der Waals surface area contributed by atoms with Crippen LogP contribution < -0.4 is 5.32 Å². The smallest absolute Gasteiger partial charge is 0.304 e. The molecule has 1 heterocycles. The van der Waals surface area contributed by atoms with Crippen LogP contribution in [-0.4, -0.2) is 27.4 Å². The molecule has 5 nitrogen and oxygen atoms in total. The summed E-state index contributed by atoms with van der Waals surface area (Å²) >= 11 is 0. The Bertz CT molecular complexity index is 320. The number of carboxylic acids is 1. The topological polar surface area (TPSA) is 67.2 Å². The summed E-state index contributed by atoms with van der Waals surface area (Å²) in [5.74, 6) is -0.777. The second-order valence-corrected chi connectivity index (χ2v) is 3.74. The normalized spacial score (nSPS) is 10.9. The molecule has 0 bridgehead atoms. The molecule has 0 unspecified atom stereocenters. The van der Waals surface area contributed by atoms with Crippen LogP contribution in [0.1, 0.15) is 31.9 Å². The van der Waals surface area contributed by atoms with E-state index in [1.807, 2.05) is 10.9 Å². The first kappa shape index (κ1) is 11.7. The Balaban J connectivity index is 2.28. The SMILES string of the molecule is CC(C)n1cc(CNCCC(=O)O)cn1. The van der Waals surface area contributed by atoms with E-state index in [9.17, 15) is 4.79 Å². The summed E-state index contributed by atoms with van der Waals surface area (Å²) in [6, 6.07) is 0.359. The van der Waals surface area contributed by atoms with Gasteiger partial charge in [0, 0.05) is 30.9 Å². The molecule has 0 aliphatic rings. The minimum Gasteiger partial charge on any atom is -0.481 e. The number of nitrogens with zero attached hydrogens (tertiary/aromatic N) is 2. The lowest BCUT2D eigenvalue weighted by Crippen LogP contribution is -2.17. The van der Waals surface area contributed by atoms with E-state index in [4.69, 9.17) is 5.11 Å². The highest BCUT2D eigenvalue weighted by molar-refractivity contribution is 5.66. The number of carboxylic acid groups (broad SMARTS) is 1. The highest BCUT2D eigenvalue weighted by atomic mass is 16.4. The molecule has 0 spiro atoms. The number of hydrogen-bond donors (Lipinski definition) is 2. The summed E-state index contributed by atoms with van der Waals surface area (Å²) < 4.78 is 1.88. The zero-order valence-corrected chi connectivity index (χ0v) is 9.10. The van der Waals surface area contributed by atoms with Crippen LogP contribution in [-0.2, 0) is 11.3 Å². The van der Waals surface area contributed by atoms with E-state index in [2.05, 4.69) is 24.3 Å². The van der Waals surface area contributed by atoms with Gasteiger partial charge in [0.05, 0.1) is 12.6 Å². The molecule has 1 rings (SSSR count). The fourth-order valence-electron chi connectivity index (χ4n) is 1.18. The summed E-state index contributed by atoms with van der Waals surface area (Å²) in [6.07, 6.45) is 3.92. The Morgan fingerprint density at radius 2 is 2.40 bits per heavy atom. The third kappa shape index (κ3) is 4.12. The number of carbonyl (C=O) groups is 1. The summed E-state index contributed by atoms with van der Waals surface area (Å²) in [5, 5.41) is 15.7. The Morgan fingerprint density at radius 1 is 1.67 bits per heavy atom. The van der Waals surface area contributed by atoms with Crippen molar-refractivity contribution in [1.29, 1.82) is 0 Å². The van der Waals surface area contributed by atoms with Crippen LogP contribution >= 0.6 is 0 Å². The van der Waals surface area contributed by atoms with E-state index in [1.165, 1.54) is 0 Å². The molecule has 1 aromatic heterocycles. The van der Waals surface area contributed by atoms with Crippen molar-refractivity contribution in [1.82, 2.24) is 15.1 Å². The predicted octanol–water partition coefficient (Wildman–Crippen LogP) is 1.03.